The standard InChI is InChI=1S/C7H10O3/c1-3-5-6(8)4(2)7(9)10-5/h4-5H,3H2,1-2H3/t4-,5+/m0/s1. The molecule has 0 spiro atoms. The summed E-state index contributed by atoms with van der Waals surface area (Å²) in [4.78, 5) is 21.7. The van der Waals surface area contributed by atoms with E-state index in [-0.39, 0.29) is 11.8 Å². The van der Waals surface area contributed by atoms with Gasteiger partial charge in [-0.1, -0.05) is 6.92 Å². The van der Waals surface area contributed by atoms with Crippen LogP contribution in [0.15, 0.2) is 0 Å². The van der Waals surface area contributed by atoms with Gasteiger partial charge in [0.05, 0.1) is 0 Å². The van der Waals surface area contributed by atoms with Gasteiger partial charge >= 0.3 is 5.97 Å². The van der Waals surface area contributed by atoms with Gasteiger partial charge in [0.15, 0.2) is 11.9 Å². The molecule has 2 atom stereocenters. The molecule has 1 aliphatic rings. The molecule has 0 unspecified atom stereocenters. The zero-order chi connectivity index (χ0) is 7.72. The van der Waals surface area contributed by atoms with Crippen molar-refractivity contribution in [1.82, 2.24) is 0 Å². The molecule has 56 valence electrons. The minimum atomic E-state index is -0.537. The van der Waals surface area contributed by atoms with Gasteiger partial charge in [0.1, 0.15) is 5.92 Å². The number of carbonyl (C=O) groups is 2. The third-order valence-corrected chi connectivity index (χ3v) is 1.73. The molecule has 0 aromatic rings. The highest BCUT2D eigenvalue weighted by Gasteiger charge is 2.38. The van der Waals surface area contributed by atoms with Gasteiger partial charge in [-0.2, -0.15) is 0 Å². The molecular weight excluding hydrogens is 132 g/mol. The summed E-state index contributed by atoms with van der Waals surface area (Å²) in [6, 6.07) is 0. The van der Waals surface area contributed by atoms with Crippen LogP contribution in [0.25, 0.3) is 0 Å². The fourth-order valence-corrected chi connectivity index (χ4v) is 0.980. The first-order valence-corrected chi connectivity index (χ1v) is 3.41. The van der Waals surface area contributed by atoms with Crippen molar-refractivity contribution in [2.45, 2.75) is 26.4 Å². The molecule has 0 saturated carbocycles. The first kappa shape index (κ1) is 7.25. The zero-order valence-corrected chi connectivity index (χ0v) is 6.09. The van der Waals surface area contributed by atoms with Crippen LogP contribution >= 0.6 is 0 Å². The maximum atomic E-state index is 11.0. The van der Waals surface area contributed by atoms with Crippen LogP contribution in [0.3, 0.4) is 0 Å². The molecule has 1 saturated heterocycles. The molecule has 0 bridgehead atoms. The van der Waals surface area contributed by atoms with Crippen LogP contribution in [-0.4, -0.2) is 17.9 Å². The minimum Gasteiger partial charge on any atom is -0.454 e. The number of ketones is 1. The van der Waals surface area contributed by atoms with E-state index in [0.717, 1.165) is 0 Å². The Morgan fingerprint density at radius 2 is 2.10 bits per heavy atom. The van der Waals surface area contributed by atoms with Crippen molar-refractivity contribution in [1.29, 1.82) is 0 Å². The van der Waals surface area contributed by atoms with Crippen molar-refractivity contribution in [3.05, 3.63) is 0 Å². The molecule has 1 fully saturated rings. The lowest BCUT2D eigenvalue weighted by Gasteiger charge is -2.00. The number of Topliss-reactive ketones (excluding diaryl/α,β-unsaturated/α-hetero) is 1. The predicted molar refractivity (Wildman–Crippen MR) is 34.3 cm³/mol. The number of carbonyl (C=O) groups excluding carboxylic acids is 2. The first-order chi connectivity index (χ1) is 4.66. The van der Waals surface area contributed by atoms with E-state index in [1.807, 2.05) is 6.92 Å². The van der Waals surface area contributed by atoms with Gasteiger partial charge in [0.2, 0.25) is 0 Å². The average molecular weight is 142 g/mol. The Kier molecular flexibility index (Phi) is 1.74. The highest BCUT2D eigenvalue weighted by atomic mass is 16.6. The minimum absolute atomic E-state index is 0.0764. The van der Waals surface area contributed by atoms with Crippen molar-refractivity contribution in [2.75, 3.05) is 0 Å². The van der Waals surface area contributed by atoms with E-state index in [0.29, 0.717) is 6.42 Å². The lowest BCUT2D eigenvalue weighted by atomic mass is 10.0. The number of hydrogen-bond acceptors (Lipinski definition) is 3. The first-order valence-electron chi connectivity index (χ1n) is 3.41. The maximum Gasteiger partial charge on any atom is 0.317 e. The van der Waals surface area contributed by atoms with Gasteiger partial charge in [-0.3, -0.25) is 9.59 Å². The van der Waals surface area contributed by atoms with Gasteiger partial charge in [0.25, 0.3) is 0 Å². The summed E-state index contributed by atoms with van der Waals surface area (Å²) in [7, 11) is 0. The summed E-state index contributed by atoms with van der Waals surface area (Å²) in [5, 5.41) is 0. The molecular formula is C7H10O3. The van der Waals surface area contributed by atoms with Crippen LogP contribution in [-0.2, 0) is 14.3 Å². The molecule has 0 aliphatic carbocycles. The van der Waals surface area contributed by atoms with E-state index < -0.39 is 12.0 Å². The largest absolute Gasteiger partial charge is 0.454 e. The Morgan fingerprint density at radius 3 is 2.30 bits per heavy atom. The molecule has 1 aliphatic heterocycles. The third-order valence-electron chi connectivity index (χ3n) is 1.73. The van der Waals surface area contributed by atoms with Crippen molar-refractivity contribution < 1.29 is 14.3 Å². The van der Waals surface area contributed by atoms with E-state index in [4.69, 9.17) is 4.74 Å². The zero-order valence-electron chi connectivity index (χ0n) is 6.09. The molecule has 1 heterocycles. The lowest BCUT2D eigenvalue weighted by Crippen LogP contribution is -2.17. The summed E-state index contributed by atoms with van der Waals surface area (Å²) in [6.45, 7) is 3.41. The number of rotatable bonds is 1. The highest BCUT2D eigenvalue weighted by molar-refractivity contribution is 6.06. The van der Waals surface area contributed by atoms with E-state index >= 15 is 0 Å². The number of esters is 1. The Bertz CT molecular complexity index is 174. The maximum absolute atomic E-state index is 11.0. The fraction of sp³-hybridized carbons (Fsp3) is 0.714. The Morgan fingerprint density at radius 1 is 1.50 bits per heavy atom. The van der Waals surface area contributed by atoms with Gasteiger partial charge in [-0.15, -0.1) is 0 Å². The molecule has 10 heavy (non-hydrogen) atoms. The van der Waals surface area contributed by atoms with Gasteiger partial charge in [0, 0.05) is 0 Å². The molecule has 3 heteroatoms. The molecule has 0 radical (unpaired) electrons. The topological polar surface area (TPSA) is 43.4 Å². The van der Waals surface area contributed by atoms with E-state index in [2.05, 4.69) is 0 Å². The second kappa shape index (κ2) is 2.40. The number of ether oxygens (including phenoxy) is 1. The van der Waals surface area contributed by atoms with Crippen LogP contribution in [0.4, 0.5) is 0 Å². The SMILES string of the molecule is CC[C@H]1OC(=O)[C@@H](C)C1=O. The monoisotopic (exact) mass is 142 g/mol. The van der Waals surface area contributed by atoms with Crippen molar-refractivity contribution >= 4 is 11.8 Å². The van der Waals surface area contributed by atoms with E-state index in [9.17, 15) is 9.59 Å². The van der Waals surface area contributed by atoms with Crippen LogP contribution in [0, 0.1) is 5.92 Å². The molecule has 0 N–H and O–H groups in total. The summed E-state index contributed by atoms with van der Waals surface area (Å²) < 4.78 is 4.75. The summed E-state index contributed by atoms with van der Waals surface area (Å²) >= 11 is 0. The normalized spacial score (nSPS) is 32.6. The quantitative estimate of drug-likeness (QED) is 0.396. The summed E-state index contributed by atoms with van der Waals surface area (Å²) in [6.07, 6.45) is 0.122. The second-order valence-corrected chi connectivity index (χ2v) is 2.46. The highest BCUT2D eigenvalue weighted by Crippen LogP contribution is 2.18. The van der Waals surface area contributed by atoms with Gasteiger partial charge in [-0.05, 0) is 13.3 Å². The molecule has 0 aromatic heterocycles. The van der Waals surface area contributed by atoms with Crippen molar-refractivity contribution in [2.24, 2.45) is 5.92 Å². The second-order valence-electron chi connectivity index (χ2n) is 2.46. The van der Waals surface area contributed by atoms with Crippen LogP contribution in [0.1, 0.15) is 20.3 Å². The molecule has 0 amide bonds. The van der Waals surface area contributed by atoms with Gasteiger partial charge in [-0.25, -0.2) is 0 Å². The summed E-state index contributed by atoms with van der Waals surface area (Å²) in [5.74, 6) is -0.991. The van der Waals surface area contributed by atoms with Crippen LogP contribution in [0.2, 0.25) is 0 Å². The molecule has 3 nitrogen and oxygen atoms in total. The third kappa shape index (κ3) is 0.916. The van der Waals surface area contributed by atoms with E-state index in [1.54, 1.807) is 6.92 Å². The predicted octanol–water partition coefficient (Wildman–Crippen LogP) is 0.527. The summed E-state index contributed by atoms with van der Waals surface area (Å²) in [5.41, 5.74) is 0. The smallest absolute Gasteiger partial charge is 0.317 e. The van der Waals surface area contributed by atoms with Crippen LogP contribution < -0.4 is 0 Å². The van der Waals surface area contributed by atoms with Crippen LogP contribution in [0.5, 0.6) is 0 Å². The number of cyclic esters (lactones) is 1. The Labute approximate surface area is 59.4 Å². The lowest BCUT2D eigenvalue weighted by molar-refractivity contribution is -0.144. The number of hydrogen-bond donors (Lipinski definition) is 0. The van der Waals surface area contributed by atoms with Gasteiger partial charge < -0.3 is 4.74 Å². The molecule has 0 aromatic carbocycles. The Balaban J connectivity index is 2.71. The Hall–Kier alpha value is -0.860. The average Bonchev–Trinajstić information content (AvgIpc) is 2.17. The molecule has 1 rings (SSSR count). The van der Waals surface area contributed by atoms with Crippen molar-refractivity contribution in [3.63, 3.8) is 0 Å². The fourth-order valence-electron chi connectivity index (χ4n) is 0.980. The van der Waals surface area contributed by atoms with E-state index in [1.165, 1.54) is 0 Å². The van der Waals surface area contributed by atoms with Crippen molar-refractivity contribution in [3.8, 4) is 0 Å².